The van der Waals surface area contributed by atoms with Crippen molar-refractivity contribution >= 4 is 11.9 Å². The first-order valence-corrected chi connectivity index (χ1v) is 5.12. The standard InChI is InChI=1S/C13H16O3/c1-9(2)12-6-10(11(7-14)8-15)4-5-13(12)16-3/h4-9,14H,1-3H3/b11-7+. The van der Waals surface area contributed by atoms with Crippen LogP contribution in [0.4, 0.5) is 0 Å². The number of rotatable bonds is 4. The van der Waals surface area contributed by atoms with Gasteiger partial charge in [0.15, 0.2) is 6.29 Å². The van der Waals surface area contributed by atoms with Crippen molar-refractivity contribution in [2.45, 2.75) is 19.8 Å². The Bertz CT molecular complexity index is 406. The molecule has 3 heteroatoms. The van der Waals surface area contributed by atoms with Gasteiger partial charge in [-0.3, -0.25) is 4.79 Å². The molecule has 0 aromatic heterocycles. The molecule has 0 heterocycles. The van der Waals surface area contributed by atoms with Crippen LogP contribution in [0.1, 0.15) is 30.9 Å². The fourth-order valence-electron chi connectivity index (χ4n) is 1.54. The monoisotopic (exact) mass is 220 g/mol. The van der Waals surface area contributed by atoms with Gasteiger partial charge < -0.3 is 9.84 Å². The van der Waals surface area contributed by atoms with Gasteiger partial charge in [0.05, 0.1) is 18.9 Å². The number of hydrogen-bond donors (Lipinski definition) is 1. The molecule has 0 bridgehead atoms. The van der Waals surface area contributed by atoms with Gasteiger partial charge in [-0.25, -0.2) is 0 Å². The minimum Gasteiger partial charge on any atom is -0.515 e. The highest BCUT2D eigenvalue weighted by molar-refractivity contribution is 6.06. The van der Waals surface area contributed by atoms with Crippen molar-refractivity contribution in [2.75, 3.05) is 7.11 Å². The number of aliphatic hydroxyl groups is 1. The second-order valence-corrected chi connectivity index (χ2v) is 3.81. The summed E-state index contributed by atoms with van der Waals surface area (Å²) in [7, 11) is 1.61. The summed E-state index contributed by atoms with van der Waals surface area (Å²) in [4.78, 5) is 10.7. The van der Waals surface area contributed by atoms with E-state index < -0.39 is 0 Å². The Hall–Kier alpha value is -1.77. The zero-order chi connectivity index (χ0) is 12.1. The topological polar surface area (TPSA) is 46.5 Å². The molecule has 0 unspecified atom stereocenters. The van der Waals surface area contributed by atoms with E-state index in [4.69, 9.17) is 9.84 Å². The summed E-state index contributed by atoms with van der Waals surface area (Å²) in [6.07, 6.45) is 1.45. The Labute approximate surface area is 95.4 Å². The third kappa shape index (κ3) is 2.42. The highest BCUT2D eigenvalue weighted by Crippen LogP contribution is 2.29. The number of methoxy groups -OCH3 is 1. The molecule has 1 N–H and O–H groups in total. The van der Waals surface area contributed by atoms with Crippen LogP contribution in [-0.4, -0.2) is 18.5 Å². The summed E-state index contributed by atoms with van der Waals surface area (Å²) in [5.74, 6) is 1.09. The SMILES string of the molecule is COc1ccc(/C(C=O)=C/O)cc1C(C)C. The van der Waals surface area contributed by atoms with Gasteiger partial charge >= 0.3 is 0 Å². The molecule has 1 aromatic carbocycles. The molecular formula is C13H16O3. The molecule has 3 nitrogen and oxygen atoms in total. The molecule has 1 aromatic rings. The Balaban J connectivity index is 3.26. The number of aliphatic hydroxyl groups excluding tert-OH is 1. The van der Waals surface area contributed by atoms with E-state index in [-0.39, 0.29) is 5.57 Å². The second-order valence-electron chi connectivity index (χ2n) is 3.81. The van der Waals surface area contributed by atoms with Crippen molar-refractivity contribution in [2.24, 2.45) is 0 Å². The zero-order valence-corrected chi connectivity index (χ0v) is 9.73. The van der Waals surface area contributed by atoms with E-state index in [2.05, 4.69) is 0 Å². The fourth-order valence-corrected chi connectivity index (χ4v) is 1.54. The number of aldehydes is 1. The predicted molar refractivity (Wildman–Crippen MR) is 63.8 cm³/mol. The molecule has 0 aliphatic heterocycles. The quantitative estimate of drug-likeness (QED) is 0.482. The number of ether oxygens (including phenoxy) is 1. The lowest BCUT2D eigenvalue weighted by atomic mass is 9.97. The van der Waals surface area contributed by atoms with Crippen LogP contribution in [0.15, 0.2) is 24.5 Å². The summed E-state index contributed by atoms with van der Waals surface area (Å²) in [6.45, 7) is 4.09. The van der Waals surface area contributed by atoms with Gasteiger partial charge in [0, 0.05) is 0 Å². The molecule has 86 valence electrons. The van der Waals surface area contributed by atoms with Crippen molar-refractivity contribution in [1.29, 1.82) is 0 Å². The van der Waals surface area contributed by atoms with Crippen LogP contribution < -0.4 is 4.74 Å². The number of allylic oxidation sites excluding steroid dienone is 1. The molecule has 1 rings (SSSR count). The van der Waals surface area contributed by atoms with E-state index in [0.717, 1.165) is 17.6 Å². The van der Waals surface area contributed by atoms with Crippen LogP contribution in [0, 0.1) is 0 Å². The van der Waals surface area contributed by atoms with Crippen molar-refractivity contribution in [1.82, 2.24) is 0 Å². The largest absolute Gasteiger partial charge is 0.515 e. The lowest BCUT2D eigenvalue weighted by Gasteiger charge is -2.13. The summed E-state index contributed by atoms with van der Waals surface area (Å²) < 4.78 is 5.24. The summed E-state index contributed by atoms with van der Waals surface area (Å²) in [6, 6.07) is 5.42. The molecule has 0 aliphatic rings. The van der Waals surface area contributed by atoms with Crippen molar-refractivity contribution < 1.29 is 14.6 Å². The summed E-state index contributed by atoms with van der Waals surface area (Å²) in [5, 5.41) is 8.91. The number of carbonyl (C=O) groups is 1. The average Bonchev–Trinajstić information content (AvgIpc) is 2.30. The van der Waals surface area contributed by atoms with Crippen LogP contribution in [-0.2, 0) is 4.79 Å². The highest BCUT2D eigenvalue weighted by Gasteiger charge is 2.10. The Morgan fingerprint density at radius 3 is 2.56 bits per heavy atom. The smallest absolute Gasteiger partial charge is 0.153 e. The average molecular weight is 220 g/mol. The molecule has 16 heavy (non-hydrogen) atoms. The lowest BCUT2D eigenvalue weighted by molar-refractivity contribution is -0.103. The molecule has 0 saturated heterocycles. The Morgan fingerprint density at radius 2 is 2.12 bits per heavy atom. The molecule has 0 aliphatic carbocycles. The Morgan fingerprint density at radius 1 is 1.44 bits per heavy atom. The molecule has 0 spiro atoms. The van der Waals surface area contributed by atoms with Gasteiger partial charge in [0.2, 0.25) is 0 Å². The van der Waals surface area contributed by atoms with Gasteiger partial charge in [-0.05, 0) is 29.2 Å². The van der Waals surface area contributed by atoms with Gasteiger partial charge in [-0.15, -0.1) is 0 Å². The maximum atomic E-state index is 10.7. The van der Waals surface area contributed by atoms with Crippen LogP contribution in [0.5, 0.6) is 5.75 Å². The maximum Gasteiger partial charge on any atom is 0.153 e. The van der Waals surface area contributed by atoms with E-state index in [0.29, 0.717) is 17.8 Å². The molecular weight excluding hydrogens is 204 g/mol. The third-order valence-electron chi connectivity index (χ3n) is 2.45. The van der Waals surface area contributed by atoms with Crippen molar-refractivity contribution in [3.63, 3.8) is 0 Å². The highest BCUT2D eigenvalue weighted by atomic mass is 16.5. The maximum absolute atomic E-state index is 10.7. The van der Waals surface area contributed by atoms with Gasteiger partial charge in [0.25, 0.3) is 0 Å². The first kappa shape index (κ1) is 12.3. The molecule has 0 fully saturated rings. The van der Waals surface area contributed by atoms with Crippen LogP contribution in [0.3, 0.4) is 0 Å². The van der Waals surface area contributed by atoms with Crippen LogP contribution in [0.2, 0.25) is 0 Å². The second kappa shape index (κ2) is 5.35. The minimum absolute atomic E-state index is 0.268. The zero-order valence-electron chi connectivity index (χ0n) is 9.73. The predicted octanol–water partition coefficient (Wildman–Crippen LogP) is 2.92. The number of carbonyl (C=O) groups excluding carboxylic acids is 1. The van der Waals surface area contributed by atoms with E-state index in [1.165, 1.54) is 0 Å². The van der Waals surface area contributed by atoms with Gasteiger partial charge in [-0.1, -0.05) is 19.9 Å². The molecule has 0 radical (unpaired) electrons. The van der Waals surface area contributed by atoms with E-state index >= 15 is 0 Å². The summed E-state index contributed by atoms with van der Waals surface area (Å²) >= 11 is 0. The van der Waals surface area contributed by atoms with Crippen LogP contribution in [0.25, 0.3) is 5.57 Å². The lowest BCUT2D eigenvalue weighted by Crippen LogP contribution is -1.96. The van der Waals surface area contributed by atoms with Gasteiger partial charge in [0.1, 0.15) is 5.75 Å². The first-order chi connectivity index (χ1) is 7.63. The van der Waals surface area contributed by atoms with Crippen molar-refractivity contribution in [3.8, 4) is 5.75 Å². The number of benzene rings is 1. The van der Waals surface area contributed by atoms with Crippen LogP contribution >= 0.6 is 0 Å². The van der Waals surface area contributed by atoms with Crippen molar-refractivity contribution in [3.05, 3.63) is 35.6 Å². The Kier molecular flexibility index (Phi) is 4.11. The van der Waals surface area contributed by atoms with E-state index in [1.807, 2.05) is 19.9 Å². The molecule has 0 saturated carbocycles. The first-order valence-electron chi connectivity index (χ1n) is 5.12. The normalized spacial score (nSPS) is 11.6. The van der Waals surface area contributed by atoms with E-state index in [9.17, 15) is 4.79 Å². The fraction of sp³-hybridized carbons (Fsp3) is 0.308. The minimum atomic E-state index is 0.268. The summed E-state index contributed by atoms with van der Waals surface area (Å²) in [5.41, 5.74) is 1.98. The molecule has 0 amide bonds. The molecule has 0 atom stereocenters. The number of hydrogen-bond acceptors (Lipinski definition) is 3. The third-order valence-corrected chi connectivity index (χ3v) is 2.45. The van der Waals surface area contributed by atoms with E-state index in [1.54, 1.807) is 19.2 Å². The van der Waals surface area contributed by atoms with Gasteiger partial charge in [-0.2, -0.15) is 0 Å².